The summed E-state index contributed by atoms with van der Waals surface area (Å²) in [4.78, 5) is 50.9. The minimum atomic E-state index is -3.30. The van der Waals surface area contributed by atoms with E-state index >= 15 is 0 Å². The largest absolute Gasteiger partial charge is 0.492 e. The molecule has 1 fully saturated rings. The van der Waals surface area contributed by atoms with Crippen LogP contribution in [0.3, 0.4) is 0 Å². The number of aryl methyl sites for hydroxylation is 2. The summed E-state index contributed by atoms with van der Waals surface area (Å²) in [5, 5.41) is 8.94. The van der Waals surface area contributed by atoms with Crippen LogP contribution in [-0.4, -0.2) is 73.9 Å². The molecular formula is C84H120N4O8S2. The number of thioether (sulfide) groups is 1. The predicted molar refractivity (Wildman–Crippen MR) is 419 cm³/mol. The number of hydrogen-bond acceptors (Lipinski definition) is 11. The molecule has 0 aromatic heterocycles. The van der Waals surface area contributed by atoms with E-state index in [0.29, 0.717) is 46.9 Å². The average Bonchev–Trinajstić information content (AvgIpc) is 1.76. The van der Waals surface area contributed by atoms with Gasteiger partial charge in [0.15, 0.2) is 21.4 Å². The van der Waals surface area contributed by atoms with Crippen LogP contribution in [0, 0.1) is 17.8 Å². The molecule has 14 heteroatoms. The van der Waals surface area contributed by atoms with Crippen LogP contribution < -0.4 is 30.3 Å². The number of allylic oxidation sites excluding steroid dienone is 1. The molecule has 1 saturated heterocycles. The predicted octanol–water partition coefficient (Wildman–Crippen LogP) is 20.7. The first-order valence-corrected chi connectivity index (χ1v) is 34.0. The van der Waals surface area contributed by atoms with Crippen molar-refractivity contribution in [3.63, 3.8) is 0 Å². The van der Waals surface area contributed by atoms with E-state index in [1.54, 1.807) is 31.0 Å². The number of rotatable bonds is 2. The van der Waals surface area contributed by atoms with Crippen molar-refractivity contribution in [3.05, 3.63) is 220 Å². The van der Waals surface area contributed by atoms with Crippen molar-refractivity contribution in [2.24, 2.45) is 10.8 Å². The first-order chi connectivity index (χ1) is 42.5. The van der Waals surface area contributed by atoms with E-state index in [4.69, 9.17) is 9.47 Å². The van der Waals surface area contributed by atoms with Gasteiger partial charge in [-0.1, -0.05) is 214 Å². The van der Waals surface area contributed by atoms with Gasteiger partial charge >= 0.3 is 0 Å². The second kappa shape index (κ2) is 34.7. The Kier molecular flexibility index (Phi) is 31.2. The molecule has 98 heavy (non-hydrogen) atoms. The minimum Gasteiger partial charge on any atom is -0.492 e. The number of Topliss-reactive ketones (excluding diaryl/α,β-unsaturated/α-hetero) is 2. The number of nitrogens with zero attached hydrogens (tertiary/aromatic N) is 1. The average molecular weight is 1380 g/mol. The number of ether oxygens (including phenoxy) is 2. The van der Waals surface area contributed by atoms with Crippen LogP contribution in [0.15, 0.2) is 180 Å². The zero-order chi connectivity index (χ0) is 66.5. The number of amides is 2. The van der Waals surface area contributed by atoms with Gasteiger partial charge in [0, 0.05) is 32.7 Å². The lowest BCUT2D eigenvalue weighted by Crippen LogP contribution is -2.53. The molecule has 0 spiro atoms. The Labute approximate surface area is 596 Å². The van der Waals surface area contributed by atoms with Gasteiger partial charge < -0.3 is 30.3 Å². The number of carbonyl (C=O) groups is 4. The Bertz CT molecular complexity index is 3940. The van der Waals surface area contributed by atoms with E-state index in [-0.39, 0.29) is 96.8 Å². The van der Waals surface area contributed by atoms with Gasteiger partial charge in [0.1, 0.15) is 35.9 Å². The van der Waals surface area contributed by atoms with Gasteiger partial charge in [-0.15, -0.1) is 11.8 Å². The molecule has 3 N–H and O–H groups in total. The number of hydrogen-bond donors (Lipinski definition) is 3. The number of anilines is 2. The number of carbonyl (C=O) groups excluding carboxylic acids is 4. The first kappa shape index (κ1) is 88.1. The highest BCUT2D eigenvalue weighted by Gasteiger charge is 2.41. The summed E-state index contributed by atoms with van der Waals surface area (Å²) >= 11 is 1.99. The molecule has 2 amide bonds. The second-order valence-corrected chi connectivity index (χ2v) is 32.3. The number of sulfone groups is 1. The molecule has 0 radical (unpaired) electrons. The Hall–Kier alpha value is -7.94. The van der Waals surface area contributed by atoms with Crippen LogP contribution in [0.4, 0.5) is 11.4 Å². The quantitative estimate of drug-likeness (QED) is 0.151. The molecule has 14 rings (SSSR count). The minimum absolute atomic E-state index is 0. The van der Waals surface area contributed by atoms with E-state index in [0.717, 1.165) is 34.5 Å². The topological polar surface area (TPSA) is 160 Å². The molecule has 2 aliphatic carbocycles. The Balaban J connectivity index is 0.000000567. The molecule has 0 bridgehead atoms. The molecule has 12 nitrogen and oxygen atoms in total. The molecule has 0 saturated carbocycles. The third-order valence-electron chi connectivity index (χ3n) is 17.2. The maximum atomic E-state index is 12.1. The number of para-hydroxylation sites is 2. The lowest BCUT2D eigenvalue weighted by Gasteiger charge is -2.34. The van der Waals surface area contributed by atoms with Crippen LogP contribution >= 0.6 is 11.8 Å². The van der Waals surface area contributed by atoms with E-state index in [2.05, 4.69) is 147 Å². The van der Waals surface area contributed by atoms with Gasteiger partial charge in [-0.25, -0.2) is 8.42 Å². The monoisotopic (exact) mass is 1380 g/mol. The summed E-state index contributed by atoms with van der Waals surface area (Å²) in [6.07, 6.45) is 9.38. The number of nitrogens with one attached hydrogen (secondary N) is 3. The van der Waals surface area contributed by atoms with Crippen molar-refractivity contribution in [1.82, 2.24) is 10.6 Å². The zero-order valence-corrected chi connectivity index (χ0v) is 57.6. The third-order valence-corrected chi connectivity index (χ3v) is 19.7. The van der Waals surface area contributed by atoms with E-state index < -0.39 is 20.8 Å². The molecule has 0 atom stereocenters. The smallest absolute Gasteiger partial charge is 0.255 e. The van der Waals surface area contributed by atoms with Crippen LogP contribution in [0.25, 0.3) is 6.08 Å². The maximum absolute atomic E-state index is 12.1. The second-order valence-electron chi connectivity index (χ2n) is 28.5. The van der Waals surface area contributed by atoms with Crippen molar-refractivity contribution in [2.45, 2.75) is 212 Å². The van der Waals surface area contributed by atoms with Crippen LogP contribution in [0.2, 0.25) is 0 Å². The summed E-state index contributed by atoms with van der Waals surface area (Å²) in [6.45, 7) is 32.3. The molecule has 5 aliphatic heterocycles. The molecule has 536 valence electrons. The Morgan fingerprint density at radius 1 is 0.520 bits per heavy atom. The highest BCUT2D eigenvalue weighted by atomic mass is 32.2. The lowest BCUT2D eigenvalue weighted by atomic mass is 9.82. The molecule has 7 aromatic rings. The Morgan fingerprint density at radius 3 is 1.58 bits per heavy atom. The van der Waals surface area contributed by atoms with Crippen molar-refractivity contribution in [3.8, 4) is 11.5 Å². The SMILES string of the molecule is C.C.C.C.C.C.C.CC1(C)C(=O)NCN1c1ccccc1.CC1(C)C=Cc2ccccc21.CC1(C)CCc2ccccc21.CC1(C)COc2ccc(S(C)(=O)=O)cc2C1=O.CC1(C)Cc2ccccc2S1.CC1(C)NC(=O)c2ccccc2N1.Cc1ccc2c(c1)C(=O)C(C)(C)CO2. The summed E-state index contributed by atoms with van der Waals surface area (Å²) in [7, 11) is -3.30. The molecule has 5 heterocycles. The normalized spacial score (nSPS) is 17.6. The molecule has 0 unspecified atom stereocenters. The highest BCUT2D eigenvalue weighted by molar-refractivity contribution is 8.01. The van der Waals surface area contributed by atoms with Crippen molar-refractivity contribution >= 4 is 62.4 Å². The van der Waals surface area contributed by atoms with Gasteiger partial charge in [-0.05, 0) is 175 Å². The number of fused-ring (bicyclic) bond motifs is 6. The van der Waals surface area contributed by atoms with Crippen molar-refractivity contribution in [1.29, 1.82) is 0 Å². The molecular weight excluding hydrogens is 1260 g/mol. The van der Waals surface area contributed by atoms with E-state index in [1.165, 1.54) is 53.0 Å². The highest BCUT2D eigenvalue weighted by Crippen LogP contribution is 2.45. The lowest BCUT2D eigenvalue weighted by molar-refractivity contribution is -0.122. The van der Waals surface area contributed by atoms with Gasteiger partial charge in [0.2, 0.25) is 5.91 Å². The zero-order valence-electron chi connectivity index (χ0n) is 56.0. The first-order valence-electron chi connectivity index (χ1n) is 31.3. The van der Waals surface area contributed by atoms with Crippen molar-refractivity contribution in [2.75, 3.05) is 36.4 Å². The van der Waals surface area contributed by atoms with Gasteiger partial charge in [-0.2, -0.15) is 0 Å². The fourth-order valence-corrected chi connectivity index (χ4v) is 13.6. The van der Waals surface area contributed by atoms with Gasteiger partial charge in [0.05, 0.1) is 39.1 Å². The molecule has 7 aliphatic rings. The van der Waals surface area contributed by atoms with E-state index in [1.807, 2.05) is 133 Å². The molecule has 7 aromatic carbocycles. The summed E-state index contributed by atoms with van der Waals surface area (Å²) in [6, 6.07) is 53.7. The van der Waals surface area contributed by atoms with E-state index in [9.17, 15) is 27.6 Å². The summed E-state index contributed by atoms with van der Waals surface area (Å²) in [5.41, 5.74) is 11.2. The van der Waals surface area contributed by atoms with Crippen LogP contribution in [0.1, 0.15) is 220 Å². The maximum Gasteiger partial charge on any atom is 0.255 e. The fraction of sp³-hybridized carbons (Fsp3) is 0.429. The van der Waals surface area contributed by atoms with Gasteiger partial charge in [0.25, 0.3) is 5.91 Å². The van der Waals surface area contributed by atoms with Crippen molar-refractivity contribution < 1.29 is 37.1 Å². The Morgan fingerprint density at radius 2 is 1.03 bits per heavy atom. The van der Waals surface area contributed by atoms with Crippen LogP contribution in [0.5, 0.6) is 11.5 Å². The van der Waals surface area contributed by atoms with Gasteiger partial charge in [-0.3, -0.25) is 19.2 Å². The van der Waals surface area contributed by atoms with Crippen LogP contribution in [-0.2, 0) is 38.3 Å². The number of benzene rings is 7. The number of ketones is 2. The fourth-order valence-electron chi connectivity index (χ4n) is 11.7. The third kappa shape index (κ3) is 21.3. The summed E-state index contributed by atoms with van der Waals surface area (Å²) < 4.78 is 34.3. The standard InChI is InChI=1S/C12H14O4S.C12H14O2.C11H14N2O.C11H14.C11H12.C10H12N2O.C10H12S.7CH4/c1-12(2)7-16-10-5-4-8(17(3,14)15)6-9(10)11(12)13;1-8-4-5-10-9(6-8)11(13)12(2,3)7-14-10;1-11(2)10(14)12-8-13(11)9-6-4-3-5-7-9;2*1-11(2)8-7-9-5-3-4-6-10(9)11;1-10(2)11-8-6-4-3-5-7(8)9(13)12-10;1-10(2)7-8-5-3-4-6-9(8)11-10;;;;;;;/h4-6H,7H2,1-3H3;4-6H,7H2,1-3H3;3-7H,8H2,1-2H3,(H,12,14);3-6H,7-8H2,1-2H3;3-8H,1-2H3;3-6,11H,1-2H3,(H,12,13);3-6H,7H2,1-2H3;7*1H4. The summed E-state index contributed by atoms with van der Waals surface area (Å²) in [5.74, 6) is 1.36.